The van der Waals surface area contributed by atoms with E-state index >= 15 is 0 Å². The molecule has 0 spiro atoms. The van der Waals surface area contributed by atoms with Crippen molar-refractivity contribution in [2.45, 2.75) is 19.8 Å². The number of nitriles is 1. The Kier molecular flexibility index (Phi) is 3.75. The minimum atomic E-state index is -0.803. The summed E-state index contributed by atoms with van der Waals surface area (Å²) in [4.78, 5) is 25.1. The van der Waals surface area contributed by atoms with Gasteiger partial charge in [0, 0.05) is 18.7 Å². The summed E-state index contributed by atoms with van der Waals surface area (Å²) in [6, 6.07) is 8.49. The van der Waals surface area contributed by atoms with Crippen LogP contribution in [-0.4, -0.2) is 35.0 Å². The summed E-state index contributed by atoms with van der Waals surface area (Å²) in [5, 5.41) is 17.9. The van der Waals surface area contributed by atoms with E-state index < -0.39 is 11.4 Å². The molecule has 1 N–H and O–H groups in total. The second-order valence-corrected chi connectivity index (χ2v) is 5.35. The van der Waals surface area contributed by atoms with E-state index in [9.17, 15) is 9.59 Å². The number of benzene rings is 1. The van der Waals surface area contributed by atoms with Gasteiger partial charge in [0.1, 0.15) is 0 Å². The maximum Gasteiger partial charge on any atom is 0.309 e. The van der Waals surface area contributed by atoms with E-state index in [1.165, 1.54) is 0 Å². The predicted octanol–water partition coefficient (Wildman–Crippen LogP) is 1.89. The Labute approximate surface area is 117 Å². The van der Waals surface area contributed by atoms with Crippen molar-refractivity contribution >= 4 is 11.9 Å². The van der Waals surface area contributed by atoms with Gasteiger partial charge in [0.25, 0.3) is 5.91 Å². The van der Waals surface area contributed by atoms with Crippen molar-refractivity contribution in [2.75, 3.05) is 13.1 Å². The zero-order valence-electron chi connectivity index (χ0n) is 11.3. The lowest BCUT2D eigenvalue weighted by Crippen LogP contribution is -2.45. The lowest BCUT2D eigenvalue weighted by Gasteiger charge is -2.36. The second-order valence-electron chi connectivity index (χ2n) is 5.35. The number of rotatable bonds is 2. The molecule has 1 amide bonds. The molecule has 1 aromatic rings. The van der Waals surface area contributed by atoms with Crippen LogP contribution in [0.15, 0.2) is 24.3 Å². The summed E-state index contributed by atoms with van der Waals surface area (Å²) >= 11 is 0. The summed E-state index contributed by atoms with van der Waals surface area (Å²) in [6.45, 7) is 2.61. The molecule has 5 nitrogen and oxygen atoms in total. The fourth-order valence-corrected chi connectivity index (χ4v) is 2.29. The average Bonchev–Trinajstić information content (AvgIpc) is 2.47. The molecule has 0 unspecified atom stereocenters. The summed E-state index contributed by atoms with van der Waals surface area (Å²) in [5.41, 5.74) is 0.308. The molecule has 0 aromatic heterocycles. The van der Waals surface area contributed by atoms with Crippen LogP contribution in [-0.2, 0) is 4.79 Å². The van der Waals surface area contributed by atoms with E-state index in [4.69, 9.17) is 10.4 Å². The molecule has 104 valence electrons. The van der Waals surface area contributed by atoms with E-state index in [1.54, 1.807) is 36.1 Å². The van der Waals surface area contributed by atoms with Crippen molar-refractivity contribution in [3.63, 3.8) is 0 Å². The lowest BCUT2D eigenvalue weighted by atomic mass is 9.80. The van der Waals surface area contributed by atoms with Crippen LogP contribution in [0.4, 0.5) is 0 Å². The van der Waals surface area contributed by atoms with E-state index in [0.717, 1.165) is 0 Å². The first-order chi connectivity index (χ1) is 9.46. The van der Waals surface area contributed by atoms with E-state index in [2.05, 4.69) is 0 Å². The molecular formula is C15H16N2O3. The Morgan fingerprint density at radius 2 is 1.80 bits per heavy atom. The molecule has 1 aromatic carbocycles. The lowest BCUT2D eigenvalue weighted by molar-refractivity contribution is -0.150. The quantitative estimate of drug-likeness (QED) is 0.891. The van der Waals surface area contributed by atoms with Gasteiger partial charge in [0.15, 0.2) is 0 Å². The molecule has 0 atom stereocenters. The van der Waals surface area contributed by atoms with Crippen molar-refractivity contribution < 1.29 is 14.7 Å². The van der Waals surface area contributed by atoms with Crippen LogP contribution >= 0.6 is 0 Å². The molecule has 5 heteroatoms. The molecule has 0 radical (unpaired) electrons. The van der Waals surface area contributed by atoms with Crippen LogP contribution in [0.25, 0.3) is 0 Å². The zero-order chi connectivity index (χ0) is 14.8. The second kappa shape index (κ2) is 5.33. The normalized spacial score (nSPS) is 17.3. The van der Waals surface area contributed by atoms with Gasteiger partial charge in [-0.25, -0.2) is 0 Å². The van der Waals surface area contributed by atoms with Gasteiger partial charge in [-0.1, -0.05) is 0 Å². The van der Waals surface area contributed by atoms with Gasteiger partial charge in [0.2, 0.25) is 0 Å². The SMILES string of the molecule is CC1(C(=O)O)CCN(C(=O)c2ccc(C#N)cc2)CC1. The molecule has 1 saturated heterocycles. The average molecular weight is 272 g/mol. The molecule has 1 heterocycles. The highest BCUT2D eigenvalue weighted by Gasteiger charge is 2.38. The smallest absolute Gasteiger partial charge is 0.309 e. The number of amides is 1. The van der Waals surface area contributed by atoms with Crippen LogP contribution in [0.5, 0.6) is 0 Å². The van der Waals surface area contributed by atoms with Crippen molar-refractivity contribution in [2.24, 2.45) is 5.41 Å². The topological polar surface area (TPSA) is 81.4 Å². The minimum Gasteiger partial charge on any atom is -0.481 e. The first-order valence-electron chi connectivity index (χ1n) is 6.49. The van der Waals surface area contributed by atoms with E-state index in [0.29, 0.717) is 37.1 Å². The fourth-order valence-electron chi connectivity index (χ4n) is 2.29. The van der Waals surface area contributed by atoms with Crippen molar-refractivity contribution in [3.8, 4) is 6.07 Å². The van der Waals surface area contributed by atoms with Crippen molar-refractivity contribution in [1.82, 2.24) is 4.90 Å². The summed E-state index contributed by atoms with van der Waals surface area (Å²) in [7, 11) is 0. The van der Waals surface area contributed by atoms with E-state index in [1.807, 2.05) is 6.07 Å². The monoisotopic (exact) mass is 272 g/mol. The third-order valence-corrected chi connectivity index (χ3v) is 3.93. The summed E-state index contributed by atoms with van der Waals surface area (Å²) in [5.74, 6) is -0.912. The molecule has 1 aliphatic rings. The number of piperidine rings is 1. The molecule has 20 heavy (non-hydrogen) atoms. The number of carboxylic acids is 1. The fraction of sp³-hybridized carbons (Fsp3) is 0.400. The predicted molar refractivity (Wildman–Crippen MR) is 72.0 cm³/mol. The van der Waals surface area contributed by atoms with Crippen molar-refractivity contribution in [1.29, 1.82) is 5.26 Å². The molecule has 2 rings (SSSR count). The van der Waals surface area contributed by atoms with Gasteiger partial charge in [-0.2, -0.15) is 5.26 Å². The summed E-state index contributed by atoms with van der Waals surface area (Å²) in [6.07, 6.45) is 0.925. The van der Waals surface area contributed by atoms with Crippen LogP contribution in [0.2, 0.25) is 0 Å². The Morgan fingerprint density at radius 1 is 1.25 bits per heavy atom. The third kappa shape index (κ3) is 2.64. The summed E-state index contributed by atoms with van der Waals surface area (Å²) < 4.78 is 0. The number of aliphatic carboxylic acids is 1. The minimum absolute atomic E-state index is 0.109. The van der Waals surface area contributed by atoms with Crippen molar-refractivity contribution in [3.05, 3.63) is 35.4 Å². The first-order valence-corrected chi connectivity index (χ1v) is 6.49. The highest BCUT2D eigenvalue weighted by Crippen LogP contribution is 2.31. The van der Waals surface area contributed by atoms with Gasteiger partial charge in [-0.05, 0) is 44.0 Å². The molecule has 1 aliphatic heterocycles. The number of hydrogen-bond acceptors (Lipinski definition) is 3. The number of carbonyl (C=O) groups excluding carboxylic acids is 1. The number of nitrogens with zero attached hydrogens (tertiary/aromatic N) is 2. The van der Waals surface area contributed by atoms with Crippen LogP contribution in [0, 0.1) is 16.7 Å². The molecule has 0 bridgehead atoms. The Morgan fingerprint density at radius 3 is 2.25 bits per heavy atom. The van der Waals surface area contributed by atoms with Gasteiger partial charge >= 0.3 is 5.97 Å². The Hall–Kier alpha value is -2.35. The molecule has 0 saturated carbocycles. The molecule has 0 aliphatic carbocycles. The maximum atomic E-state index is 12.3. The Bertz CT molecular complexity index is 564. The van der Waals surface area contributed by atoms with Gasteiger partial charge in [-0.3, -0.25) is 9.59 Å². The molecule has 1 fully saturated rings. The highest BCUT2D eigenvalue weighted by atomic mass is 16.4. The zero-order valence-corrected chi connectivity index (χ0v) is 11.3. The largest absolute Gasteiger partial charge is 0.481 e. The molecular weight excluding hydrogens is 256 g/mol. The van der Waals surface area contributed by atoms with Crippen LogP contribution in [0.1, 0.15) is 35.7 Å². The van der Waals surface area contributed by atoms with Crippen LogP contribution in [0.3, 0.4) is 0 Å². The standard InChI is InChI=1S/C15H16N2O3/c1-15(14(19)20)6-8-17(9-7-15)13(18)12-4-2-11(10-16)3-5-12/h2-5H,6-9H2,1H3,(H,19,20). The number of carboxylic acid groups (broad SMARTS) is 1. The first kappa shape index (κ1) is 14.1. The number of hydrogen-bond donors (Lipinski definition) is 1. The van der Waals surface area contributed by atoms with Gasteiger partial charge in [0.05, 0.1) is 17.0 Å². The third-order valence-electron chi connectivity index (χ3n) is 3.93. The van der Waals surface area contributed by atoms with Gasteiger partial charge < -0.3 is 10.0 Å². The van der Waals surface area contributed by atoms with Crippen LogP contribution < -0.4 is 0 Å². The maximum absolute atomic E-state index is 12.3. The Balaban J connectivity index is 2.05. The van der Waals surface area contributed by atoms with Gasteiger partial charge in [-0.15, -0.1) is 0 Å². The highest BCUT2D eigenvalue weighted by molar-refractivity contribution is 5.94. The number of likely N-dealkylation sites (tertiary alicyclic amines) is 1. The number of carbonyl (C=O) groups is 2. The van der Waals surface area contributed by atoms with E-state index in [-0.39, 0.29) is 5.91 Å².